The standard InChI is InChI=1S/C18H17ClF3N3O/c19-16-7-6-13(10-15(16)18(20,21)22)24-17(26)25-9-8-14(11-25)23-12-4-2-1-3-5-12/h1-7,10,14,23H,8-9,11H2,(H,24,26). The molecule has 0 bridgehead atoms. The summed E-state index contributed by atoms with van der Waals surface area (Å²) in [6.07, 6.45) is -3.81. The van der Waals surface area contributed by atoms with E-state index in [1.807, 2.05) is 30.3 Å². The van der Waals surface area contributed by atoms with Gasteiger partial charge in [-0.15, -0.1) is 0 Å². The zero-order chi connectivity index (χ0) is 18.7. The molecular weight excluding hydrogens is 367 g/mol. The lowest BCUT2D eigenvalue weighted by atomic mass is 10.2. The van der Waals surface area contributed by atoms with Gasteiger partial charge in [-0.2, -0.15) is 13.2 Å². The maximum Gasteiger partial charge on any atom is 0.417 e. The molecule has 1 fully saturated rings. The first-order chi connectivity index (χ1) is 12.3. The molecule has 0 aromatic heterocycles. The zero-order valence-electron chi connectivity index (χ0n) is 13.7. The van der Waals surface area contributed by atoms with Gasteiger partial charge in [0.25, 0.3) is 0 Å². The number of para-hydroxylation sites is 1. The van der Waals surface area contributed by atoms with Gasteiger partial charge in [-0.05, 0) is 36.8 Å². The van der Waals surface area contributed by atoms with Gasteiger partial charge in [0, 0.05) is 30.5 Å². The van der Waals surface area contributed by atoms with E-state index in [0.717, 1.165) is 24.2 Å². The van der Waals surface area contributed by atoms with Gasteiger partial charge < -0.3 is 15.5 Å². The number of benzene rings is 2. The number of likely N-dealkylation sites (tertiary alicyclic amines) is 1. The molecule has 2 amide bonds. The number of amides is 2. The average molecular weight is 384 g/mol. The normalized spacial score (nSPS) is 17.2. The van der Waals surface area contributed by atoms with E-state index in [4.69, 9.17) is 11.6 Å². The smallest absolute Gasteiger partial charge is 0.380 e. The minimum atomic E-state index is -4.57. The Kier molecular flexibility index (Phi) is 5.27. The van der Waals surface area contributed by atoms with Crippen molar-refractivity contribution in [2.45, 2.75) is 18.6 Å². The molecule has 1 aliphatic heterocycles. The Morgan fingerprint density at radius 1 is 1.12 bits per heavy atom. The number of rotatable bonds is 3. The molecule has 0 spiro atoms. The Bertz CT molecular complexity index is 783. The van der Waals surface area contributed by atoms with E-state index < -0.39 is 22.8 Å². The summed E-state index contributed by atoms with van der Waals surface area (Å²) >= 11 is 5.59. The minimum absolute atomic E-state index is 0.0613. The summed E-state index contributed by atoms with van der Waals surface area (Å²) in [5.41, 5.74) is 0.0560. The predicted octanol–water partition coefficient (Wildman–Crippen LogP) is 5.08. The number of alkyl halides is 3. The molecule has 2 aromatic rings. The van der Waals surface area contributed by atoms with Crippen molar-refractivity contribution in [2.75, 3.05) is 23.7 Å². The molecule has 1 heterocycles. The van der Waals surface area contributed by atoms with Crippen LogP contribution in [0.15, 0.2) is 48.5 Å². The van der Waals surface area contributed by atoms with Gasteiger partial charge in [0.05, 0.1) is 10.6 Å². The number of hydrogen-bond donors (Lipinski definition) is 2. The lowest BCUT2D eigenvalue weighted by Gasteiger charge is -2.19. The fourth-order valence-corrected chi connectivity index (χ4v) is 3.08. The van der Waals surface area contributed by atoms with Crippen molar-refractivity contribution in [1.82, 2.24) is 4.90 Å². The number of halogens is 4. The molecule has 1 saturated heterocycles. The third-order valence-corrected chi connectivity index (χ3v) is 4.47. The van der Waals surface area contributed by atoms with Gasteiger partial charge in [0.1, 0.15) is 0 Å². The van der Waals surface area contributed by atoms with Gasteiger partial charge >= 0.3 is 12.2 Å². The summed E-state index contributed by atoms with van der Waals surface area (Å²) < 4.78 is 38.7. The maximum atomic E-state index is 12.9. The fourth-order valence-electron chi connectivity index (χ4n) is 2.86. The second kappa shape index (κ2) is 7.45. The number of carbonyl (C=O) groups is 1. The SMILES string of the molecule is O=C(Nc1ccc(Cl)c(C(F)(F)F)c1)N1CCC(Nc2ccccc2)C1. The first kappa shape index (κ1) is 18.4. The second-order valence-corrected chi connectivity index (χ2v) is 6.47. The molecule has 1 aliphatic rings. The van der Waals surface area contributed by atoms with Gasteiger partial charge in [-0.3, -0.25) is 0 Å². The number of carbonyl (C=O) groups excluding carboxylic acids is 1. The van der Waals surface area contributed by atoms with Gasteiger partial charge in [0.15, 0.2) is 0 Å². The van der Waals surface area contributed by atoms with E-state index in [-0.39, 0.29) is 11.7 Å². The number of hydrogen-bond acceptors (Lipinski definition) is 2. The van der Waals surface area contributed by atoms with Crippen LogP contribution in [0.25, 0.3) is 0 Å². The maximum absolute atomic E-state index is 12.9. The van der Waals surface area contributed by atoms with Crippen molar-refractivity contribution in [3.63, 3.8) is 0 Å². The highest BCUT2D eigenvalue weighted by molar-refractivity contribution is 6.31. The van der Waals surface area contributed by atoms with Crippen LogP contribution in [0, 0.1) is 0 Å². The Labute approximate surface area is 153 Å². The summed E-state index contributed by atoms with van der Waals surface area (Å²) in [4.78, 5) is 13.9. The molecule has 1 unspecified atom stereocenters. The van der Waals surface area contributed by atoms with Crippen molar-refractivity contribution in [3.8, 4) is 0 Å². The minimum Gasteiger partial charge on any atom is -0.380 e. The van der Waals surface area contributed by atoms with Gasteiger partial charge in [-0.1, -0.05) is 29.8 Å². The van der Waals surface area contributed by atoms with E-state index in [1.165, 1.54) is 6.07 Å². The van der Waals surface area contributed by atoms with Crippen LogP contribution in [0.5, 0.6) is 0 Å². The topological polar surface area (TPSA) is 44.4 Å². The lowest BCUT2D eigenvalue weighted by molar-refractivity contribution is -0.137. The number of anilines is 2. The predicted molar refractivity (Wildman–Crippen MR) is 95.5 cm³/mol. The third-order valence-electron chi connectivity index (χ3n) is 4.14. The van der Waals surface area contributed by atoms with Crippen LogP contribution >= 0.6 is 11.6 Å². The molecule has 2 aromatic carbocycles. The monoisotopic (exact) mass is 383 g/mol. The largest absolute Gasteiger partial charge is 0.417 e. The first-order valence-corrected chi connectivity index (χ1v) is 8.45. The van der Waals surface area contributed by atoms with E-state index in [9.17, 15) is 18.0 Å². The molecule has 8 heteroatoms. The summed E-state index contributed by atoms with van der Waals surface area (Å²) in [6, 6.07) is 12.6. The zero-order valence-corrected chi connectivity index (χ0v) is 14.4. The summed E-state index contributed by atoms with van der Waals surface area (Å²) in [7, 11) is 0. The number of nitrogens with one attached hydrogen (secondary N) is 2. The van der Waals surface area contributed by atoms with Gasteiger partial charge in [-0.25, -0.2) is 4.79 Å². The number of urea groups is 1. The highest BCUT2D eigenvalue weighted by Gasteiger charge is 2.34. The third kappa shape index (κ3) is 4.40. The van der Waals surface area contributed by atoms with Crippen LogP contribution in [0.4, 0.5) is 29.3 Å². The molecule has 0 saturated carbocycles. The Morgan fingerprint density at radius 3 is 2.54 bits per heavy atom. The van der Waals surface area contributed by atoms with Crippen LogP contribution in [0.3, 0.4) is 0 Å². The van der Waals surface area contributed by atoms with Crippen molar-refractivity contribution in [2.24, 2.45) is 0 Å². The quantitative estimate of drug-likeness (QED) is 0.776. The van der Waals surface area contributed by atoms with Crippen LogP contribution in [0.1, 0.15) is 12.0 Å². The van der Waals surface area contributed by atoms with Crippen molar-refractivity contribution in [1.29, 1.82) is 0 Å². The summed E-state index contributed by atoms with van der Waals surface area (Å²) in [6.45, 7) is 0.997. The van der Waals surface area contributed by atoms with Crippen molar-refractivity contribution >= 4 is 29.0 Å². The van der Waals surface area contributed by atoms with E-state index >= 15 is 0 Å². The lowest BCUT2D eigenvalue weighted by Crippen LogP contribution is -2.35. The van der Waals surface area contributed by atoms with Crippen molar-refractivity contribution < 1.29 is 18.0 Å². The number of nitrogens with zero attached hydrogens (tertiary/aromatic N) is 1. The highest BCUT2D eigenvalue weighted by Crippen LogP contribution is 2.36. The van der Waals surface area contributed by atoms with E-state index in [2.05, 4.69) is 10.6 Å². The molecule has 3 rings (SSSR count). The Balaban J connectivity index is 1.61. The molecule has 1 atom stereocenters. The highest BCUT2D eigenvalue weighted by atomic mass is 35.5. The van der Waals surface area contributed by atoms with E-state index in [1.54, 1.807) is 4.90 Å². The van der Waals surface area contributed by atoms with Crippen LogP contribution < -0.4 is 10.6 Å². The first-order valence-electron chi connectivity index (χ1n) is 8.07. The molecule has 2 N–H and O–H groups in total. The molecule has 138 valence electrons. The average Bonchev–Trinajstić information content (AvgIpc) is 3.05. The molecule has 4 nitrogen and oxygen atoms in total. The second-order valence-electron chi connectivity index (χ2n) is 6.06. The van der Waals surface area contributed by atoms with Gasteiger partial charge in [0.2, 0.25) is 0 Å². The summed E-state index contributed by atoms with van der Waals surface area (Å²) in [5.74, 6) is 0. The Morgan fingerprint density at radius 2 is 1.85 bits per heavy atom. The van der Waals surface area contributed by atoms with E-state index in [0.29, 0.717) is 13.1 Å². The van der Waals surface area contributed by atoms with Crippen LogP contribution in [-0.2, 0) is 6.18 Å². The molecular formula is C18H17ClF3N3O. The molecule has 26 heavy (non-hydrogen) atoms. The van der Waals surface area contributed by atoms with Crippen LogP contribution in [0.2, 0.25) is 5.02 Å². The van der Waals surface area contributed by atoms with Crippen LogP contribution in [-0.4, -0.2) is 30.1 Å². The fraction of sp³-hybridized carbons (Fsp3) is 0.278. The summed E-state index contributed by atoms with van der Waals surface area (Å²) in [5, 5.41) is 5.45. The molecule has 0 radical (unpaired) electrons. The van der Waals surface area contributed by atoms with Crippen molar-refractivity contribution in [3.05, 3.63) is 59.1 Å². The Hall–Kier alpha value is -2.41. The molecule has 0 aliphatic carbocycles.